The van der Waals surface area contributed by atoms with E-state index in [-0.39, 0.29) is 0 Å². The molecule has 1 aliphatic heterocycles. The molecule has 0 unspecified atom stereocenters. The molecule has 1 aromatic rings. The monoisotopic (exact) mass is 202 g/mol. The average Bonchev–Trinajstić information content (AvgIpc) is 2.39. The Hall–Kier alpha value is -1.44. The lowest BCUT2D eigenvalue weighted by molar-refractivity contribution is 1.01. The lowest BCUT2D eigenvalue weighted by atomic mass is 10.2. The number of nitrogens with zero attached hydrogens (tertiary/aromatic N) is 2. The maximum atomic E-state index is 2.26. The summed E-state index contributed by atoms with van der Waals surface area (Å²) in [6.45, 7) is 6.44. The molecule has 0 amide bonds. The molecule has 1 aliphatic rings. The number of benzene rings is 1. The first-order valence-corrected chi connectivity index (χ1v) is 5.28. The molecule has 0 atom stereocenters. The Morgan fingerprint density at radius 3 is 2.20 bits per heavy atom. The van der Waals surface area contributed by atoms with Gasteiger partial charge < -0.3 is 9.80 Å². The molecule has 1 aromatic carbocycles. The van der Waals surface area contributed by atoms with Gasteiger partial charge in [0.25, 0.3) is 0 Å². The minimum absolute atomic E-state index is 1.29. The first kappa shape index (κ1) is 10.1. The second-order valence-corrected chi connectivity index (χ2v) is 4.43. The third-order valence-electron chi connectivity index (χ3n) is 2.94. The number of aryl methyl sites for hydroxylation is 1. The van der Waals surface area contributed by atoms with Crippen LogP contribution in [-0.2, 0) is 0 Å². The molecule has 15 heavy (non-hydrogen) atoms. The van der Waals surface area contributed by atoms with E-state index in [4.69, 9.17) is 0 Å². The number of allylic oxidation sites excluding steroid dienone is 1. The molecule has 0 aliphatic carbocycles. The van der Waals surface area contributed by atoms with Crippen LogP contribution >= 0.6 is 0 Å². The van der Waals surface area contributed by atoms with E-state index in [2.05, 4.69) is 62.9 Å². The van der Waals surface area contributed by atoms with Gasteiger partial charge >= 0.3 is 0 Å². The number of anilines is 2. The largest absolute Gasteiger partial charge is 0.329 e. The van der Waals surface area contributed by atoms with Gasteiger partial charge in [-0.25, -0.2) is 0 Å². The van der Waals surface area contributed by atoms with Crippen molar-refractivity contribution in [1.82, 2.24) is 0 Å². The summed E-state index contributed by atoms with van der Waals surface area (Å²) in [6, 6.07) is 6.59. The molecular formula is C13H18N2. The van der Waals surface area contributed by atoms with Gasteiger partial charge in [-0.15, -0.1) is 0 Å². The molecule has 1 heterocycles. The van der Waals surface area contributed by atoms with Crippen LogP contribution in [0.1, 0.15) is 19.4 Å². The van der Waals surface area contributed by atoms with Crippen LogP contribution in [0.2, 0.25) is 0 Å². The van der Waals surface area contributed by atoms with E-state index in [1.54, 1.807) is 0 Å². The predicted octanol–water partition coefficient (Wildman–Crippen LogP) is 3.13. The van der Waals surface area contributed by atoms with E-state index in [0.29, 0.717) is 0 Å². The van der Waals surface area contributed by atoms with Gasteiger partial charge in [-0.05, 0) is 44.0 Å². The zero-order valence-corrected chi connectivity index (χ0v) is 10.1. The van der Waals surface area contributed by atoms with Gasteiger partial charge in [0.1, 0.15) is 5.82 Å². The second-order valence-electron chi connectivity index (χ2n) is 4.43. The third kappa shape index (κ3) is 1.41. The molecule has 0 fully saturated rings. The van der Waals surface area contributed by atoms with Gasteiger partial charge in [0, 0.05) is 14.1 Å². The van der Waals surface area contributed by atoms with E-state index in [9.17, 15) is 0 Å². The molecule has 2 nitrogen and oxygen atoms in total. The van der Waals surface area contributed by atoms with Gasteiger partial charge in [0.15, 0.2) is 0 Å². The normalized spacial score (nSPS) is 14.6. The van der Waals surface area contributed by atoms with Crippen LogP contribution in [0.15, 0.2) is 29.6 Å². The maximum Gasteiger partial charge on any atom is 0.111 e. The summed E-state index contributed by atoms with van der Waals surface area (Å²) >= 11 is 0. The minimum atomic E-state index is 1.29. The summed E-state index contributed by atoms with van der Waals surface area (Å²) in [5.74, 6) is 1.29. The Kier molecular flexibility index (Phi) is 2.22. The van der Waals surface area contributed by atoms with Gasteiger partial charge in [0.05, 0.1) is 11.4 Å². The van der Waals surface area contributed by atoms with Crippen LogP contribution in [-0.4, -0.2) is 14.1 Å². The third-order valence-corrected chi connectivity index (χ3v) is 2.94. The summed E-state index contributed by atoms with van der Waals surface area (Å²) in [4.78, 5) is 4.52. The van der Waals surface area contributed by atoms with E-state index in [1.165, 1.54) is 28.3 Å². The van der Waals surface area contributed by atoms with Crippen molar-refractivity contribution in [3.05, 3.63) is 35.2 Å². The minimum Gasteiger partial charge on any atom is -0.329 e. The van der Waals surface area contributed by atoms with Crippen LogP contribution in [0.4, 0.5) is 11.4 Å². The summed E-state index contributed by atoms with van der Waals surface area (Å²) in [7, 11) is 4.25. The first-order valence-electron chi connectivity index (χ1n) is 5.28. The topological polar surface area (TPSA) is 6.48 Å². The summed E-state index contributed by atoms with van der Waals surface area (Å²) in [5.41, 5.74) is 5.24. The number of hydrogen-bond donors (Lipinski definition) is 0. The van der Waals surface area contributed by atoms with Crippen LogP contribution in [0, 0.1) is 6.92 Å². The SMILES string of the molecule is CC(C)=C1N(C)c2ccc(C)cc2N1C. The van der Waals surface area contributed by atoms with Crippen molar-refractivity contribution in [2.75, 3.05) is 23.9 Å². The molecule has 0 radical (unpaired) electrons. The number of fused-ring (bicyclic) bond motifs is 1. The fraction of sp³-hybridized carbons (Fsp3) is 0.385. The summed E-state index contributed by atoms with van der Waals surface area (Å²) in [5, 5.41) is 0. The first-order chi connectivity index (χ1) is 7.02. The van der Waals surface area contributed by atoms with Crippen molar-refractivity contribution in [2.45, 2.75) is 20.8 Å². The molecule has 0 spiro atoms. The second kappa shape index (κ2) is 3.30. The standard InChI is InChI=1S/C13H18N2/c1-9(2)13-14(4)11-7-6-10(3)8-12(11)15(13)5/h6-8H,1-5H3. The van der Waals surface area contributed by atoms with Crippen LogP contribution in [0.5, 0.6) is 0 Å². The maximum absolute atomic E-state index is 2.26. The highest BCUT2D eigenvalue weighted by Crippen LogP contribution is 2.40. The average molecular weight is 202 g/mol. The van der Waals surface area contributed by atoms with Gasteiger partial charge in [-0.2, -0.15) is 0 Å². The molecule has 0 aromatic heterocycles. The van der Waals surface area contributed by atoms with Crippen LogP contribution in [0.3, 0.4) is 0 Å². The molecule has 2 heteroatoms. The Bertz CT molecular complexity index is 428. The van der Waals surface area contributed by atoms with E-state index < -0.39 is 0 Å². The van der Waals surface area contributed by atoms with Gasteiger partial charge in [-0.1, -0.05) is 6.07 Å². The highest BCUT2D eigenvalue weighted by Gasteiger charge is 2.26. The summed E-state index contributed by atoms with van der Waals surface area (Å²) < 4.78 is 0. The Balaban J connectivity index is 2.61. The fourth-order valence-corrected chi connectivity index (χ4v) is 2.31. The van der Waals surface area contributed by atoms with Crippen LogP contribution < -0.4 is 9.80 Å². The molecule has 2 rings (SSSR count). The van der Waals surface area contributed by atoms with E-state index >= 15 is 0 Å². The zero-order valence-electron chi connectivity index (χ0n) is 10.1. The molecule has 0 saturated carbocycles. The van der Waals surface area contributed by atoms with Gasteiger partial charge in [0.2, 0.25) is 0 Å². The van der Waals surface area contributed by atoms with Gasteiger partial charge in [-0.3, -0.25) is 0 Å². The van der Waals surface area contributed by atoms with E-state index in [0.717, 1.165) is 0 Å². The Morgan fingerprint density at radius 1 is 1.00 bits per heavy atom. The molecular weight excluding hydrogens is 184 g/mol. The lowest BCUT2D eigenvalue weighted by Crippen LogP contribution is -2.22. The smallest absolute Gasteiger partial charge is 0.111 e. The lowest BCUT2D eigenvalue weighted by Gasteiger charge is -2.20. The van der Waals surface area contributed by atoms with Crippen molar-refractivity contribution >= 4 is 11.4 Å². The zero-order chi connectivity index (χ0) is 11.2. The highest BCUT2D eigenvalue weighted by atomic mass is 15.4. The van der Waals surface area contributed by atoms with Crippen molar-refractivity contribution in [1.29, 1.82) is 0 Å². The molecule has 80 valence electrons. The van der Waals surface area contributed by atoms with E-state index in [1.807, 2.05) is 0 Å². The quantitative estimate of drug-likeness (QED) is 0.637. The van der Waals surface area contributed by atoms with Crippen molar-refractivity contribution < 1.29 is 0 Å². The highest BCUT2D eigenvalue weighted by molar-refractivity contribution is 5.82. The Morgan fingerprint density at radius 2 is 1.60 bits per heavy atom. The molecule has 0 saturated heterocycles. The Labute approximate surface area is 91.8 Å². The van der Waals surface area contributed by atoms with Crippen LogP contribution in [0.25, 0.3) is 0 Å². The number of hydrogen-bond acceptors (Lipinski definition) is 2. The number of rotatable bonds is 0. The molecule has 0 bridgehead atoms. The molecule has 0 N–H and O–H groups in total. The van der Waals surface area contributed by atoms with Crippen molar-refractivity contribution in [2.24, 2.45) is 0 Å². The van der Waals surface area contributed by atoms with Crippen molar-refractivity contribution in [3.63, 3.8) is 0 Å². The summed E-state index contributed by atoms with van der Waals surface area (Å²) in [6.07, 6.45) is 0. The predicted molar refractivity (Wildman–Crippen MR) is 66.4 cm³/mol. The fourth-order valence-electron chi connectivity index (χ4n) is 2.31. The van der Waals surface area contributed by atoms with Crippen molar-refractivity contribution in [3.8, 4) is 0 Å².